The minimum atomic E-state index is -0.480. The minimum Gasteiger partial charge on any atom is -0.351 e. The van der Waals surface area contributed by atoms with Crippen LogP contribution in [0.3, 0.4) is 0 Å². The van der Waals surface area contributed by atoms with Gasteiger partial charge in [-0.2, -0.15) is 0 Å². The normalized spacial score (nSPS) is 15.6. The second-order valence-corrected chi connectivity index (χ2v) is 5.80. The van der Waals surface area contributed by atoms with E-state index in [2.05, 4.69) is 5.32 Å². The van der Waals surface area contributed by atoms with Crippen LogP contribution in [0.4, 0.5) is 5.69 Å². The second-order valence-electron chi connectivity index (χ2n) is 5.80. The van der Waals surface area contributed by atoms with Crippen LogP contribution in [0, 0.1) is 5.92 Å². The number of hydrogen-bond donors (Lipinski definition) is 2. The first-order chi connectivity index (χ1) is 9.99. The van der Waals surface area contributed by atoms with E-state index in [-0.39, 0.29) is 30.1 Å². The molecular weight excluding hydrogens is 302 g/mol. The van der Waals surface area contributed by atoms with Crippen LogP contribution in [-0.4, -0.2) is 24.4 Å². The van der Waals surface area contributed by atoms with Gasteiger partial charge < -0.3 is 16.0 Å². The van der Waals surface area contributed by atoms with E-state index in [9.17, 15) is 9.59 Å². The van der Waals surface area contributed by atoms with Crippen LogP contribution in [0.2, 0.25) is 0 Å². The number of halogens is 1. The lowest BCUT2D eigenvalue weighted by molar-refractivity contribution is -0.123. The molecule has 0 bridgehead atoms. The molecule has 0 aliphatic carbocycles. The molecule has 0 aromatic heterocycles. The maximum Gasteiger partial charge on any atom is 0.237 e. The molecule has 0 saturated carbocycles. The van der Waals surface area contributed by atoms with Crippen molar-refractivity contribution in [2.45, 2.75) is 39.3 Å². The largest absolute Gasteiger partial charge is 0.351 e. The van der Waals surface area contributed by atoms with Gasteiger partial charge in [-0.25, -0.2) is 0 Å². The van der Waals surface area contributed by atoms with E-state index in [0.29, 0.717) is 13.0 Å². The van der Waals surface area contributed by atoms with Crippen molar-refractivity contribution in [1.29, 1.82) is 0 Å². The molecule has 0 spiro atoms. The molecule has 22 heavy (non-hydrogen) atoms. The average Bonchev–Trinajstić information content (AvgIpc) is 2.90. The predicted molar refractivity (Wildman–Crippen MR) is 89.9 cm³/mol. The van der Waals surface area contributed by atoms with Crippen LogP contribution in [0.5, 0.6) is 0 Å². The zero-order chi connectivity index (χ0) is 15.4. The van der Waals surface area contributed by atoms with E-state index in [1.807, 2.05) is 38.1 Å². The monoisotopic (exact) mass is 325 g/mol. The second kappa shape index (κ2) is 8.15. The summed E-state index contributed by atoms with van der Waals surface area (Å²) in [5, 5.41) is 2.83. The summed E-state index contributed by atoms with van der Waals surface area (Å²) < 4.78 is 0. The molecule has 0 radical (unpaired) electrons. The SMILES string of the molecule is CC(C)C(N)C(=O)NCc1ccc(N2CCCC2=O)cc1.Cl. The topological polar surface area (TPSA) is 75.4 Å². The Balaban J connectivity index is 0.00000242. The highest BCUT2D eigenvalue weighted by atomic mass is 35.5. The maximum atomic E-state index is 11.8. The highest BCUT2D eigenvalue weighted by molar-refractivity contribution is 5.95. The number of carbonyl (C=O) groups is 2. The molecule has 1 unspecified atom stereocenters. The summed E-state index contributed by atoms with van der Waals surface area (Å²) in [6.45, 7) is 5.09. The van der Waals surface area contributed by atoms with Crippen molar-refractivity contribution < 1.29 is 9.59 Å². The van der Waals surface area contributed by atoms with Gasteiger partial charge in [0, 0.05) is 25.2 Å². The number of amides is 2. The Bertz CT molecular complexity index is 517. The molecule has 3 N–H and O–H groups in total. The first-order valence-electron chi connectivity index (χ1n) is 7.41. The molecule has 1 aromatic carbocycles. The fourth-order valence-electron chi connectivity index (χ4n) is 2.32. The fourth-order valence-corrected chi connectivity index (χ4v) is 2.32. The highest BCUT2D eigenvalue weighted by Gasteiger charge is 2.21. The third kappa shape index (κ3) is 4.45. The van der Waals surface area contributed by atoms with Gasteiger partial charge in [0.2, 0.25) is 11.8 Å². The summed E-state index contributed by atoms with van der Waals surface area (Å²) in [5.41, 5.74) is 7.71. The Morgan fingerprint density at radius 2 is 1.95 bits per heavy atom. The maximum absolute atomic E-state index is 11.8. The van der Waals surface area contributed by atoms with E-state index < -0.39 is 6.04 Å². The van der Waals surface area contributed by atoms with Crippen molar-refractivity contribution in [1.82, 2.24) is 5.32 Å². The third-order valence-corrected chi connectivity index (χ3v) is 3.81. The molecule has 122 valence electrons. The molecule has 1 aliphatic heterocycles. The van der Waals surface area contributed by atoms with Gasteiger partial charge in [-0.15, -0.1) is 12.4 Å². The number of rotatable bonds is 5. The van der Waals surface area contributed by atoms with Crippen LogP contribution in [0.25, 0.3) is 0 Å². The van der Waals surface area contributed by atoms with Crippen molar-refractivity contribution in [2.24, 2.45) is 11.7 Å². The van der Waals surface area contributed by atoms with Crippen LogP contribution in [0.15, 0.2) is 24.3 Å². The molecule has 1 atom stereocenters. The molecule has 1 fully saturated rings. The summed E-state index contributed by atoms with van der Waals surface area (Å²) in [6.07, 6.45) is 1.55. The first kappa shape index (κ1) is 18.5. The molecular formula is C16H24ClN3O2. The molecule has 1 aliphatic rings. The van der Waals surface area contributed by atoms with E-state index in [1.54, 1.807) is 4.90 Å². The zero-order valence-electron chi connectivity index (χ0n) is 13.0. The Morgan fingerprint density at radius 1 is 1.32 bits per heavy atom. The molecule has 1 saturated heterocycles. The van der Waals surface area contributed by atoms with Crippen LogP contribution in [-0.2, 0) is 16.1 Å². The summed E-state index contributed by atoms with van der Waals surface area (Å²) in [6, 6.07) is 7.23. The summed E-state index contributed by atoms with van der Waals surface area (Å²) >= 11 is 0. The fraction of sp³-hybridized carbons (Fsp3) is 0.500. The zero-order valence-corrected chi connectivity index (χ0v) is 13.9. The van der Waals surface area contributed by atoms with Crippen molar-refractivity contribution >= 4 is 29.9 Å². The average molecular weight is 326 g/mol. The Labute approximate surface area is 137 Å². The molecule has 5 nitrogen and oxygen atoms in total. The molecule has 2 amide bonds. The number of nitrogens with one attached hydrogen (secondary N) is 1. The smallest absolute Gasteiger partial charge is 0.237 e. The first-order valence-corrected chi connectivity index (χ1v) is 7.41. The van der Waals surface area contributed by atoms with Crippen molar-refractivity contribution in [3.8, 4) is 0 Å². The van der Waals surface area contributed by atoms with Gasteiger partial charge in [0.05, 0.1) is 6.04 Å². The Morgan fingerprint density at radius 3 is 2.45 bits per heavy atom. The number of nitrogens with two attached hydrogens (primary N) is 1. The minimum absolute atomic E-state index is 0. The van der Waals surface area contributed by atoms with Gasteiger partial charge in [0.15, 0.2) is 0 Å². The van der Waals surface area contributed by atoms with Crippen molar-refractivity contribution in [3.05, 3.63) is 29.8 Å². The van der Waals surface area contributed by atoms with E-state index >= 15 is 0 Å². The standard InChI is InChI=1S/C16H23N3O2.ClH/c1-11(2)15(17)16(21)18-10-12-5-7-13(8-6-12)19-9-3-4-14(19)20;/h5-8,11,15H,3-4,9-10,17H2,1-2H3,(H,18,21);1H. The number of benzene rings is 1. The Hall–Kier alpha value is -1.59. The lowest BCUT2D eigenvalue weighted by atomic mass is 10.0. The summed E-state index contributed by atoms with van der Waals surface area (Å²) in [7, 11) is 0. The van der Waals surface area contributed by atoms with Gasteiger partial charge in [0.1, 0.15) is 0 Å². The van der Waals surface area contributed by atoms with Crippen molar-refractivity contribution in [3.63, 3.8) is 0 Å². The Kier molecular flexibility index (Phi) is 6.84. The van der Waals surface area contributed by atoms with Crippen LogP contribution in [0.1, 0.15) is 32.3 Å². The van der Waals surface area contributed by atoms with Crippen LogP contribution < -0.4 is 16.0 Å². The highest BCUT2D eigenvalue weighted by Crippen LogP contribution is 2.21. The number of carbonyl (C=O) groups excluding carboxylic acids is 2. The van der Waals surface area contributed by atoms with E-state index in [4.69, 9.17) is 5.73 Å². The van der Waals surface area contributed by atoms with Gasteiger partial charge in [0.25, 0.3) is 0 Å². The quantitative estimate of drug-likeness (QED) is 0.867. The number of anilines is 1. The molecule has 2 rings (SSSR count). The van der Waals surface area contributed by atoms with E-state index in [1.165, 1.54) is 0 Å². The summed E-state index contributed by atoms with van der Waals surface area (Å²) in [5.74, 6) is 0.163. The van der Waals surface area contributed by atoms with E-state index in [0.717, 1.165) is 24.2 Å². The van der Waals surface area contributed by atoms with Gasteiger partial charge in [-0.05, 0) is 30.0 Å². The molecule has 1 aromatic rings. The van der Waals surface area contributed by atoms with Crippen molar-refractivity contribution in [2.75, 3.05) is 11.4 Å². The predicted octanol–water partition coefficient (Wildman–Crippen LogP) is 1.83. The number of nitrogens with zero attached hydrogens (tertiary/aromatic N) is 1. The van der Waals surface area contributed by atoms with Gasteiger partial charge >= 0.3 is 0 Å². The number of hydrogen-bond acceptors (Lipinski definition) is 3. The van der Waals surface area contributed by atoms with Gasteiger partial charge in [-0.3, -0.25) is 9.59 Å². The third-order valence-electron chi connectivity index (χ3n) is 3.81. The lowest BCUT2D eigenvalue weighted by Gasteiger charge is -2.17. The summed E-state index contributed by atoms with van der Waals surface area (Å²) in [4.78, 5) is 25.3. The lowest BCUT2D eigenvalue weighted by Crippen LogP contribution is -2.43. The molecule has 1 heterocycles. The molecule has 6 heteroatoms. The van der Waals surface area contributed by atoms with Gasteiger partial charge in [-0.1, -0.05) is 26.0 Å². The van der Waals surface area contributed by atoms with Crippen LogP contribution >= 0.6 is 12.4 Å².